The molecule has 2 N–H and O–H groups in total. The van der Waals surface area contributed by atoms with Crippen LogP contribution in [0.25, 0.3) is 0 Å². The number of aromatic nitrogens is 2. The Morgan fingerprint density at radius 3 is 2.71 bits per heavy atom. The molecule has 6 heteroatoms. The summed E-state index contributed by atoms with van der Waals surface area (Å²) in [5, 5.41) is 4.20. The molecule has 3 rings (SSSR count). The first kappa shape index (κ1) is 14.9. The summed E-state index contributed by atoms with van der Waals surface area (Å²) in [5.41, 5.74) is 5.82. The van der Waals surface area contributed by atoms with Gasteiger partial charge in [0, 0.05) is 39.2 Å². The van der Waals surface area contributed by atoms with Crippen LogP contribution in [0.15, 0.2) is 4.52 Å². The van der Waals surface area contributed by atoms with Gasteiger partial charge in [-0.1, -0.05) is 24.4 Å². The second-order valence-electron chi connectivity index (χ2n) is 6.18. The lowest BCUT2D eigenvalue weighted by molar-refractivity contribution is -0.101. The van der Waals surface area contributed by atoms with Crippen LogP contribution in [-0.4, -0.2) is 36.5 Å². The largest absolute Gasteiger partial charge is 0.381 e. The van der Waals surface area contributed by atoms with Crippen LogP contribution in [0.1, 0.15) is 62.6 Å². The van der Waals surface area contributed by atoms with E-state index in [0.717, 1.165) is 25.7 Å². The molecule has 1 saturated heterocycles. The van der Waals surface area contributed by atoms with E-state index in [0.29, 0.717) is 24.9 Å². The molecule has 2 fully saturated rings. The third kappa shape index (κ3) is 2.98. The molecule has 0 aromatic carbocycles. The molecule has 0 amide bonds. The predicted molar refractivity (Wildman–Crippen MR) is 76.8 cm³/mol. The van der Waals surface area contributed by atoms with E-state index in [4.69, 9.17) is 19.7 Å². The fraction of sp³-hybridized carbons (Fsp3) is 0.867. The van der Waals surface area contributed by atoms with Crippen LogP contribution in [-0.2, 0) is 15.1 Å². The van der Waals surface area contributed by atoms with Crippen molar-refractivity contribution in [1.29, 1.82) is 0 Å². The van der Waals surface area contributed by atoms with Crippen LogP contribution in [0.4, 0.5) is 0 Å². The Morgan fingerprint density at radius 1 is 1.19 bits per heavy atom. The Balaban J connectivity index is 1.81. The van der Waals surface area contributed by atoms with Gasteiger partial charge >= 0.3 is 0 Å². The van der Waals surface area contributed by atoms with Gasteiger partial charge in [0.2, 0.25) is 11.7 Å². The minimum Gasteiger partial charge on any atom is -0.381 e. The quantitative estimate of drug-likeness (QED) is 0.860. The van der Waals surface area contributed by atoms with Crippen molar-refractivity contribution in [3.05, 3.63) is 11.7 Å². The second-order valence-corrected chi connectivity index (χ2v) is 6.18. The molecule has 6 nitrogen and oxygen atoms in total. The number of methoxy groups -OCH3 is 1. The maximum absolute atomic E-state index is 6.29. The number of hydrogen-bond donors (Lipinski definition) is 1. The van der Waals surface area contributed by atoms with Crippen molar-refractivity contribution in [3.8, 4) is 0 Å². The Morgan fingerprint density at radius 2 is 1.95 bits per heavy atom. The summed E-state index contributed by atoms with van der Waals surface area (Å²) in [4.78, 5) is 4.65. The molecule has 2 aliphatic rings. The van der Waals surface area contributed by atoms with E-state index in [9.17, 15) is 0 Å². The predicted octanol–water partition coefficient (Wildman–Crippen LogP) is 2.10. The standard InChI is InChI=1S/C15H25N3O3/c1-19-15(7-9-20-10-8-15)14-17-13(21-18-14)11-5-3-2-4-6-12(11)16/h11-12H,2-10,16H2,1H3. The van der Waals surface area contributed by atoms with Crippen molar-refractivity contribution in [2.45, 2.75) is 62.5 Å². The number of rotatable bonds is 3. The third-order valence-corrected chi connectivity index (χ3v) is 4.93. The van der Waals surface area contributed by atoms with E-state index in [1.54, 1.807) is 7.11 Å². The smallest absolute Gasteiger partial charge is 0.231 e. The molecular weight excluding hydrogens is 270 g/mol. The first-order valence-electron chi connectivity index (χ1n) is 7.98. The minimum absolute atomic E-state index is 0.119. The SMILES string of the molecule is COC1(c2noc(C3CCCCCC3N)n2)CCOCC1. The van der Waals surface area contributed by atoms with Crippen LogP contribution in [0.5, 0.6) is 0 Å². The molecule has 1 saturated carbocycles. The lowest BCUT2D eigenvalue weighted by Gasteiger charge is -2.32. The average molecular weight is 295 g/mol. The molecule has 2 heterocycles. The summed E-state index contributed by atoms with van der Waals surface area (Å²) >= 11 is 0. The van der Waals surface area contributed by atoms with Crippen molar-refractivity contribution in [3.63, 3.8) is 0 Å². The fourth-order valence-corrected chi connectivity index (χ4v) is 3.43. The fourth-order valence-electron chi connectivity index (χ4n) is 3.43. The zero-order valence-corrected chi connectivity index (χ0v) is 12.7. The summed E-state index contributed by atoms with van der Waals surface area (Å²) in [6, 6.07) is 0.119. The van der Waals surface area contributed by atoms with Crippen LogP contribution in [0, 0.1) is 0 Å². The highest BCUT2D eigenvalue weighted by molar-refractivity contribution is 5.07. The zero-order valence-electron chi connectivity index (χ0n) is 12.7. The molecule has 1 aliphatic carbocycles. The number of ether oxygens (including phenoxy) is 2. The normalized spacial score (nSPS) is 30.0. The van der Waals surface area contributed by atoms with Gasteiger partial charge < -0.3 is 19.7 Å². The van der Waals surface area contributed by atoms with Crippen LogP contribution in [0.3, 0.4) is 0 Å². The number of hydrogen-bond acceptors (Lipinski definition) is 6. The molecule has 118 valence electrons. The summed E-state index contributed by atoms with van der Waals surface area (Å²) in [6.07, 6.45) is 7.21. The molecule has 1 aromatic heterocycles. The van der Waals surface area contributed by atoms with Crippen molar-refractivity contribution in [1.82, 2.24) is 10.1 Å². The van der Waals surface area contributed by atoms with Crippen molar-refractivity contribution < 1.29 is 14.0 Å². The lowest BCUT2D eigenvalue weighted by atomic mass is 9.92. The van der Waals surface area contributed by atoms with E-state index >= 15 is 0 Å². The third-order valence-electron chi connectivity index (χ3n) is 4.93. The monoisotopic (exact) mass is 295 g/mol. The van der Waals surface area contributed by atoms with Crippen LogP contribution in [0.2, 0.25) is 0 Å². The highest BCUT2D eigenvalue weighted by Crippen LogP contribution is 2.36. The molecular formula is C15H25N3O3. The first-order valence-corrected chi connectivity index (χ1v) is 7.98. The molecule has 0 spiro atoms. The van der Waals surface area contributed by atoms with E-state index in [2.05, 4.69) is 10.1 Å². The summed E-state index contributed by atoms with van der Waals surface area (Å²) in [6.45, 7) is 1.33. The summed E-state index contributed by atoms with van der Waals surface area (Å²) in [5.74, 6) is 1.52. The maximum Gasteiger partial charge on any atom is 0.231 e. The first-order chi connectivity index (χ1) is 10.2. The summed E-state index contributed by atoms with van der Waals surface area (Å²) < 4.78 is 16.7. The Bertz CT molecular complexity index is 457. The molecule has 2 atom stereocenters. The molecule has 0 bridgehead atoms. The van der Waals surface area contributed by atoms with Gasteiger partial charge in [0.1, 0.15) is 5.60 Å². The number of nitrogens with zero attached hydrogens (tertiary/aromatic N) is 2. The molecule has 0 radical (unpaired) electrons. The van der Waals surface area contributed by atoms with E-state index in [1.807, 2.05) is 0 Å². The second kappa shape index (κ2) is 6.42. The molecule has 1 aliphatic heterocycles. The molecule has 21 heavy (non-hydrogen) atoms. The average Bonchev–Trinajstić information content (AvgIpc) is 2.92. The number of nitrogens with two attached hydrogens (primary N) is 1. The zero-order chi connectivity index (χ0) is 14.7. The van der Waals surface area contributed by atoms with Gasteiger partial charge in [-0.05, 0) is 12.8 Å². The van der Waals surface area contributed by atoms with Gasteiger partial charge in [-0.15, -0.1) is 0 Å². The molecule has 1 aromatic rings. The van der Waals surface area contributed by atoms with Crippen molar-refractivity contribution in [2.24, 2.45) is 5.73 Å². The van der Waals surface area contributed by atoms with Crippen molar-refractivity contribution in [2.75, 3.05) is 20.3 Å². The van der Waals surface area contributed by atoms with E-state index in [1.165, 1.54) is 19.3 Å². The Kier molecular flexibility index (Phi) is 4.57. The van der Waals surface area contributed by atoms with E-state index in [-0.39, 0.29) is 12.0 Å². The highest BCUT2D eigenvalue weighted by Gasteiger charge is 2.40. The van der Waals surface area contributed by atoms with Gasteiger partial charge in [-0.3, -0.25) is 0 Å². The van der Waals surface area contributed by atoms with Crippen LogP contribution >= 0.6 is 0 Å². The van der Waals surface area contributed by atoms with E-state index < -0.39 is 5.60 Å². The van der Waals surface area contributed by atoms with Gasteiger partial charge in [-0.2, -0.15) is 4.98 Å². The van der Waals surface area contributed by atoms with Crippen LogP contribution < -0.4 is 5.73 Å². The maximum atomic E-state index is 6.29. The highest BCUT2D eigenvalue weighted by atomic mass is 16.5. The van der Waals surface area contributed by atoms with Gasteiger partial charge in [0.15, 0.2) is 0 Å². The lowest BCUT2D eigenvalue weighted by Crippen LogP contribution is -2.36. The topological polar surface area (TPSA) is 83.4 Å². The summed E-state index contributed by atoms with van der Waals surface area (Å²) in [7, 11) is 1.71. The Hall–Kier alpha value is -0.980. The van der Waals surface area contributed by atoms with Gasteiger partial charge in [-0.25, -0.2) is 0 Å². The van der Waals surface area contributed by atoms with Gasteiger partial charge in [0.05, 0.1) is 5.92 Å². The van der Waals surface area contributed by atoms with Gasteiger partial charge in [0.25, 0.3) is 0 Å². The molecule has 2 unspecified atom stereocenters. The minimum atomic E-state index is -0.463. The van der Waals surface area contributed by atoms with Crippen molar-refractivity contribution >= 4 is 0 Å². The Labute approximate surface area is 125 Å².